The topological polar surface area (TPSA) is 141 Å². The molecule has 10 heteroatoms. The number of nitrogens with zero attached hydrogens (tertiary/aromatic N) is 2. The third kappa shape index (κ3) is 6.07. The van der Waals surface area contributed by atoms with E-state index in [1.807, 2.05) is 12.2 Å². The highest BCUT2D eigenvalue weighted by Gasteiger charge is 2.60. The first-order chi connectivity index (χ1) is 16.1. The SMILES string of the molecule is CC(C)(C)OC(=O)N[C@H]1CCCCCC=C[C@@H]2C[C@@]2(C(=O)NC#N)NC(=O)[C@@H]2CCCN2C1=O. The third-order valence-corrected chi connectivity index (χ3v) is 6.50. The lowest BCUT2D eigenvalue weighted by atomic mass is 10.0. The van der Waals surface area contributed by atoms with Gasteiger partial charge in [-0.3, -0.25) is 19.7 Å². The summed E-state index contributed by atoms with van der Waals surface area (Å²) < 4.78 is 5.35. The predicted molar refractivity (Wildman–Crippen MR) is 123 cm³/mol. The molecule has 3 rings (SSSR count). The Morgan fingerprint density at radius 2 is 1.97 bits per heavy atom. The Balaban J connectivity index is 1.81. The fourth-order valence-electron chi connectivity index (χ4n) is 4.71. The van der Waals surface area contributed by atoms with Crippen molar-refractivity contribution in [2.75, 3.05) is 6.54 Å². The molecule has 0 aromatic heterocycles. The number of alkyl carbamates (subject to hydrolysis) is 1. The fourth-order valence-corrected chi connectivity index (χ4v) is 4.71. The lowest BCUT2D eigenvalue weighted by Gasteiger charge is -2.30. The second-order valence-electron chi connectivity index (χ2n) is 10.3. The highest BCUT2D eigenvalue weighted by Crippen LogP contribution is 2.45. The predicted octanol–water partition coefficient (Wildman–Crippen LogP) is 1.86. The molecule has 1 saturated heterocycles. The lowest BCUT2D eigenvalue weighted by molar-refractivity contribution is -0.141. The van der Waals surface area contributed by atoms with Gasteiger partial charge in [0.15, 0.2) is 6.19 Å². The number of allylic oxidation sites excluding steroid dienone is 1. The smallest absolute Gasteiger partial charge is 0.408 e. The summed E-state index contributed by atoms with van der Waals surface area (Å²) in [6, 6.07) is -1.54. The summed E-state index contributed by atoms with van der Waals surface area (Å²) in [6.07, 6.45) is 10.2. The Morgan fingerprint density at radius 1 is 1.21 bits per heavy atom. The van der Waals surface area contributed by atoms with E-state index in [0.717, 1.165) is 25.7 Å². The molecule has 0 spiro atoms. The summed E-state index contributed by atoms with van der Waals surface area (Å²) in [5.41, 5.74) is -1.87. The molecule has 4 atom stereocenters. The Kier molecular flexibility index (Phi) is 7.85. The van der Waals surface area contributed by atoms with Gasteiger partial charge in [0.25, 0.3) is 5.91 Å². The molecule has 0 aromatic rings. The second-order valence-corrected chi connectivity index (χ2v) is 10.3. The summed E-state index contributed by atoms with van der Waals surface area (Å²) >= 11 is 0. The van der Waals surface area contributed by atoms with Crippen LogP contribution in [0.3, 0.4) is 0 Å². The Hall–Kier alpha value is -3.09. The van der Waals surface area contributed by atoms with Crippen LogP contribution in [0.15, 0.2) is 12.2 Å². The maximum absolute atomic E-state index is 13.5. The molecule has 2 aliphatic heterocycles. The van der Waals surface area contributed by atoms with Gasteiger partial charge in [0.1, 0.15) is 23.2 Å². The first kappa shape index (κ1) is 25.5. The molecule has 1 saturated carbocycles. The number of ether oxygens (including phenoxy) is 1. The molecule has 3 N–H and O–H groups in total. The molecule has 4 amide bonds. The van der Waals surface area contributed by atoms with Gasteiger partial charge >= 0.3 is 6.09 Å². The van der Waals surface area contributed by atoms with E-state index in [9.17, 15) is 19.2 Å². The van der Waals surface area contributed by atoms with Crippen LogP contribution in [0.5, 0.6) is 0 Å². The summed E-state index contributed by atoms with van der Waals surface area (Å²) in [5, 5.41) is 16.6. The van der Waals surface area contributed by atoms with E-state index in [1.54, 1.807) is 27.0 Å². The third-order valence-electron chi connectivity index (χ3n) is 6.50. The second kappa shape index (κ2) is 10.5. The van der Waals surface area contributed by atoms with Gasteiger partial charge in [0.05, 0.1) is 0 Å². The number of rotatable bonds is 2. The van der Waals surface area contributed by atoms with Crippen LogP contribution < -0.4 is 16.0 Å². The van der Waals surface area contributed by atoms with E-state index in [0.29, 0.717) is 32.2 Å². The minimum absolute atomic E-state index is 0.193. The average molecular weight is 474 g/mol. The molecule has 3 aliphatic rings. The van der Waals surface area contributed by atoms with Crippen LogP contribution in [0.1, 0.15) is 72.1 Å². The number of carbonyl (C=O) groups excluding carboxylic acids is 4. The van der Waals surface area contributed by atoms with Crippen LogP contribution >= 0.6 is 0 Å². The number of fused-ring (bicyclic) bond motifs is 2. The number of hydrogen-bond donors (Lipinski definition) is 3. The summed E-state index contributed by atoms with van der Waals surface area (Å²) in [5.74, 6) is -1.47. The van der Waals surface area contributed by atoms with E-state index in [2.05, 4.69) is 16.0 Å². The van der Waals surface area contributed by atoms with E-state index in [-0.39, 0.29) is 11.8 Å². The van der Waals surface area contributed by atoms with Crippen molar-refractivity contribution in [3.63, 3.8) is 0 Å². The van der Waals surface area contributed by atoms with Crippen LogP contribution in [-0.4, -0.2) is 58.5 Å². The number of carbonyl (C=O) groups is 4. The van der Waals surface area contributed by atoms with E-state index in [1.165, 1.54) is 4.90 Å². The van der Waals surface area contributed by atoms with Crippen molar-refractivity contribution in [3.8, 4) is 6.19 Å². The first-order valence-electron chi connectivity index (χ1n) is 12.1. The van der Waals surface area contributed by atoms with Gasteiger partial charge in [-0.1, -0.05) is 25.0 Å². The number of hydrogen-bond acceptors (Lipinski definition) is 6. The molecule has 2 fully saturated rings. The zero-order chi connectivity index (χ0) is 24.9. The Bertz CT molecular complexity index is 889. The zero-order valence-corrected chi connectivity index (χ0v) is 20.2. The zero-order valence-electron chi connectivity index (χ0n) is 20.2. The Labute approximate surface area is 200 Å². The van der Waals surface area contributed by atoms with E-state index >= 15 is 0 Å². The molecule has 0 bridgehead atoms. The van der Waals surface area contributed by atoms with Crippen molar-refractivity contribution in [2.45, 2.75) is 95.4 Å². The van der Waals surface area contributed by atoms with Crippen molar-refractivity contribution in [2.24, 2.45) is 5.92 Å². The highest BCUT2D eigenvalue weighted by atomic mass is 16.6. The van der Waals surface area contributed by atoms with E-state index in [4.69, 9.17) is 10.00 Å². The monoisotopic (exact) mass is 473 g/mol. The molecule has 10 nitrogen and oxygen atoms in total. The van der Waals surface area contributed by atoms with Crippen LogP contribution in [-0.2, 0) is 19.1 Å². The number of amides is 4. The van der Waals surface area contributed by atoms with Crippen molar-refractivity contribution >= 4 is 23.8 Å². The first-order valence-corrected chi connectivity index (χ1v) is 12.1. The minimum atomic E-state index is -1.17. The van der Waals surface area contributed by atoms with Crippen LogP contribution in [0.2, 0.25) is 0 Å². The van der Waals surface area contributed by atoms with Crippen LogP contribution in [0, 0.1) is 17.4 Å². The maximum atomic E-state index is 13.5. The highest BCUT2D eigenvalue weighted by molar-refractivity contribution is 5.98. The van der Waals surface area contributed by atoms with Crippen molar-refractivity contribution in [1.82, 2.24) is 20.9 Å². The maximum Gasteiger partial charge on any atom is 0.408 e. The molecular weight excluding hydrogens is 438 g/mol. The van der Waals surface area contributed by atoms with Crippen LogP contribution in [0.25, 0.3) is 0 Å². The van der Waals surface area contributed by atoms with E-state index < -0.39 is 41.1 Å². The van der Waals surface area contributed by atoms with Crippen molar-refractivity contribution in [3.05, 3.63) is 12.2 Å². The van der Waals surface area contributed by atoms with Gasteiger partial charge in [0, 0.05) is 12.5 Å². The van der Waals surface area contributed by atoms with Crippen molar-refractivity contribution < 1.29 is 23.9 Å². The molecule has 0 aromatic carbocycles. The summed E-state index contributed by atoms with van der Waals surface area (Å²) in [6.45, 7) is 5.65. The largest absolute Gasteiger partial charge is 0.444 e. The van der Waals surface area contributed by atoms with Gasteiger partial charge in [-0.05, 0) is 59.3 Å². The molecule has 1 aliphatic carbocycles. The summed E-state index contributed by atoms with van der Waals surface area (Å²) in [4.78, 5) is 53.2. The molecule has 0 unspecified atom stereocenters. The average Bonchev–Trinajstić information content (AvgIpc) is 3.21. The van der Waals surface area contributed by atoms with Gasteiger partial charge in [0.2, 0.25) is 11.8 Å². The Morgan fingerprint density at radius 3 is 2.68 bits per heavy atom. The fraction of sp³-hybridized carbons (Fsp3) is 0.708. The molecule has 0 radical (unpaired) electrons. The van der Waals surface area contributed by atoms with Crippen molar-refractivity contribution in [1.29, 1.82) is 5.26 Å². The molecule has 186 valence electrons. The van der Waals surface area contributed by atoms with Gasteiger partial charge in [-0.25, -0.2) is 4.79 Å². The van der Waals surface area contributed by atoms with Gasteiger partial charge in [-0.2, -0.15) is 5.26 Å². The normalized spacial score (nSPS) is 29.9. The standard InChI is InChI=1S/C24H35N5O5/c1-23(2,3)34-22(33)27-17-11-8-6-4-5-7-10-16-14-24(16,21(32)26-15-25)28-19(30)18-12-9-13-29(18)20(17)31/h7,10,16-18H,4-6,8-9,11-14H2,1-3H3,(H,26,32)(H,27,33)(H,28,30)/t16-,17+,18+,24-/m1/s1. The molecule has 34 heavy (non-hydrogen) atoms. The number of nitriles is 1. The van der Waals surface area contributed by atoms with Gasteiger partial charge in [-0.15, -0.1) is 0 Å². The lowest BCUT2D eigenvalue weighted by Crippen LogP contribution is -2.57. The molecule has 2 heterocycles. The number of nitrogens with one attached hydrogen (secondary N) is 3. The molecular formula is C24H35N5O5. The quantitative estimate of drug-likeness (QED) is 0.318. The van der Waals surface area contributed by atoms with Gasteiger partial charge < -0.3 is 20.3 Å². The summed E-state index contributed by atoms with van der Waals surface area (Å²) in [7, 11) is 0. The van der Waals surface area contributed by atoms with Crippen LogP contribution in [0.4, 0.5) is 4.79 Å². The minimum Gasteiger partial charge on any atom is -0.444 e.